The molecule has 0 radical (unpaired) electrons. The Morgan fingerprint density at radius 1 is 0.274 bits per heavy atom. The number of carbonyl (C=O) groups is 4. The van der Waals surface area contributed by atoms with Gasteiger partial charge in [0.2, 0.25) is 0 Å². The van der Waals surface area contributed by atoms with Gasteiger partial charge in [0, 0.05) is 19.3 Å². The Hall–Kier alpha value is -6.36. The number of allylic oxidation sites excluding steroid dienone is 33. The highest BCUT2D eigenvalue weighted by Crippen LogP contribution is 2.45. The number of hydrogen-bond acceptors (Lipinski definition) is 15. The van der Waals surface area contributed by atoms with Crippen molar-refractivity contribution in [2.45, 2.75) is 277 Å². The van der Waals surface area contributed by atoms with Crippen molar-refractivity contribution >= 4 is 39.5 Å². The molecule has 596 valence electrons. The monoisotopic (exact) mass is 1510 g/mol. The average Bonchev–Trinajstić information content (AvgIpc) is 0.909. The predicted molar refractivity (Wildman–Crippen MR) is 435 cm³/mol. The minimum atomic E-state index is -5.02. The van der Waals surface area contributed by atoms with E-state index in [9.17, 15) is 43.2 Å². The van der Waals surface area contributed by atoms with Crippen LogP contribution in [0.25, 0.3) is 0 Å². The molecule has 0 heterocycles. The Balaban J connectivity index is 5.52. The summed E-state index contributed by atoms with van der Waals surface area (Å²) in [5.74, 6) is -2.43. The van der Waals surface area contributed by atoms with Crippen molar-refractivity contribution in [2.24, 2.45) is 0 Å². The van der Waals surface area contributed by atoms with Gasteiger partial charge in [-0.1, -0.05) is 273 Å². The number of ether oxygens (including phenoxy) is 4. The van der Waals surface area contributed by atoms with Gasteiger partial charge in [-0.05, 0) is 167 Å². The van der Waals surface area contributed by atoms with Crippen LogP contribution in [0.4, 0.5) is 0 Å². The van der Waals surface area contributed by atoms with Crippen LogP contribution in [0.1, 0.15) is 259 Å². The molecule has 106 heavy (non-hydrogen) atoms. The predicted octanol–water partition coefficient (Wildman–Crippen LogP) is 23.1. The molecule has 0 spiro atoms. The largest absolute Gasteiger partial charge is 0.472 e. The average molecular weight is 1520 g/mol. The zero-order valence-corrected chi connectivity index (χ0v) is 66.8. The van der Waals surface area contributed by atoms with E-state index < -0.39 is 97.5 Å². The summed E-state index contributed by atoms with van der Waals surface area (Å²) >= 11 is 0. The molecule has 0 bridgehead atoms. The Morgan fingerprint density at radius 2 is 0.500 bits per heavy atom. The summed E-state index contributed by atoms with van der Waals surface area (Å²) in [6, 6.07) is 0. The zero-order valence-electron chi connectivity index (χ0n) is 65.0. The molecule has 0 rings (SSSR count). The number of unbranched alkanes of at least 4 members (excludes halogenated alkanes) is 12. The molecule has 0 saturated carbocycles. The highest BCUT2D eigenvalue weighted by molar-refractivity contribution is 7.47. The Labute approximate surface area is 639 Å². The van der Waals surface area contributed by atoms with Gasteiger partial charge >= 0.3 is 39.5 Å². The second-order valence-electron chi connectivity index (χ2n) is 25.1. The van der Waals surface area contributed by atoms with Crippen LogP contribution in [0.3, 0.4) is 0 Å². The SMILES string of the molecule is CC/C=C\C/C=C\C/C=C\C/C=C\C/C=C\CCCCCC(=O)OCC(COP(=O)(O)OCC(O)COP(=O)(O)OCC(COC(=O)CCCCCC/C=C\C/C=C\C/C=C\C/C=C\CC)OC(=O)CCCCCCC/C=C\C/C=C\C/C=C\CC)OC(=O)C/C=C\C/C=C\C/C=C\C/C=C\C/C=C\CC. The Bertz CT molecular complexity index is 2830. The number of esters is 4. The number of aliphatic hydroxyl groups excluding tert-OH is 1. The van der Waals surface area contributed by atoms with E-state index >= 15 is 0 Å². The van der Waals surface area contributed by atoms with Crippen molar-refractivity contribution < 1.29 is 80.2 Å². The fourth-order valence-electron chi connectivity index (χ4n) is 9.44. The standard InChI is InChI=1S/C87H136O17P2/c1-5-9-13-17-21-25-29-33-37-39-40-42-46-48-52-56-60-64-68-72-85(90)98-78-83(104-87(92)74-70-66-62-58-54-50-44-36-32-28-24-20-16-12-8-4)80-102-106(95,96)100-76-81(88)75-99-105(93,94)101-79-82(103-86(91)73-69-65-61-57-53-49-43-35-31-27-23-19-15-11-7-3)77-97-84(89)71-67-63-59-55-51-47-45-41-38-34-30-26-22-18-14-10-6-2/h9-16,21-28,33-38,40,42-45,47-48,52,54,58,66,70,81-83,88H,5-8,17-20,29-32,39,41,46,49-51,53,55-57,59-65,67-69,71-80H2,1-4H3,(H,93,94)(H,95,96)/b13-9-,14-10-,15-11-,16-12-,25-21-,26-22-,27-23-,28-24-,37-33-,38-34-,42-40-,43-35-,44-36-,47-45-,52-48-,58-54-,70-66-. The highest BCUT2D eigenvalue weighted by atomic mass is 31.2. The normalized spacial score (nSPS) is 15.0. The van der Waals surface area contributed by atoms with Crippen LogP contribution in [0, 0.1) is 0 Å². The molecule has 0 aliphatic rings. The molecule has 0 fully saturated rings. The number of phosphoric acid groups is 2. The molecule has 0 amide bonds. The third-order valence-electron chi connectivity index (χ3n) is 15.3. The summed E-state index contributed by atoms with van der Waals surface area (Å²) in [4.78, 5) is 73.0. The summed E-state index contributed by atoms with van der Waals surface area (Å²) in [5.41, 5.74) is 0. The van der Waals surface area contributed by atoms with E-state index in [0.717, 1.165) is 180 Å². The molecule has 19 heteroatoms. The lowest BCUT2D eigenvalue weighted by molar-refractivity contribution is -0.161. The first-order valence-corrected chi connectivity index (χ1v) is 42.3. The van der Waals surface area contributed by atoms with Crippen LogP contribution in [-0.4, -0.2) is 96.7 Å². The van der Waals surface area contributed by atoms with Gasteiger partial charge < -0.3 is 33.8 Å². The molecular formula is C87H136O17P2. The van der Waals surface area contributed by atoms with E-state index in [-0.39, 0.29) is 25.7 Å². The number of rotatable bonds is 71. The molecule has 0 aromatic rings. The molecule has 0 aliphatic heterocycles. The van der Waals surface area contributed by atoms with Crippen LogP contribution < -0.4 is 0 Å². The van der Waals surface area contributed by atoms with Crippen molar-refractivity contribution in [2.75, 3.05) is 39.6 Å². The van der Waals surface area contributed by atoms with Crippen molar-refractivity contribution in [3.05, 3.63) is 207 Å². The second-order valence-corrected chi connectivity index (χ2v) is 28.0. The highest BCUT2D eigenvalue weighted by Gasteiger charge is 2.30. The van der Waals surface area contributed by atoms with Crippen LogP contribution in [0.2, 0.25) is 0 Å². The van der Waals surface area contributed by atoms with Crippen molar-refractivity contribution in [1.82, 2.24) is 0 Å². The topological polar surface area (TPSA) is 237 Å². The molecule has 3 N–H and O–H groups in total. The van der Waals surface area contributed by atoms with Crippen molar-refractivity contribution in [3.63, 3.8) is 0 Å². The van der Waals surface area contributed by atoms with Gasteiger partial charge in [0.25, 0.3) is 0 Å². The van der Waals surface area contributed by atoms with E-state index in [4.69, 9.17) is 37.0 Å². The van der Waals surface area contributed by atoms with Gasteiger partial charge in [-0.2, -0.15) is 0 Å². The molecule has 0 aromatic heterocycles. The van der Waals surface area contributed by atoms with Gasteiger partial charge in [-0.15, -0.1) is 0 Å². The molecule has 0 saturated heterocycles. The third kappa shape index (κ3) is 75.9. The number of carbonyl (C=O) groups excluding carboxylic acids is 4. The fraction of sp³-hybridized carbons (Fsp3) is 0.563. The minimum absolute atomic E-state index is 0.0579. The van der Waals surface area contributed by atoms with Gasteiger partial charge in [0.05, 0.1) is 32.8 Å². The molecular weight excluding hydrogens is 1380 g/mol. The fourth-order valence-corrected chi connectivity index (χ4v) is 11.0. The summed E-state index contributed by atoms with van der Waals surface area (Å²) < 4.78 is 68.4. The second kappa shape index (κ2) is 76.8. The van der Waals surface area contributed by atoms with Crippen molar-refractivity contribution in [1.29, 1.82) is 0 Å². The molecule has 0 aliphatic carbocycles. The molecule has 5 atom stereocenters. The van der Waals surface area contributed by atoms with E-state index in [1.54, 1.807) is 12.2 Å². The summed E-state index contributed by atoms with van der Waals surface area (Å²) in [6.45, 7) is 4.18. The Kier molecular flexibility index (Phi) is 72.2. The smallest absolute Gasteiger partial charge is 0.462 e. The lowest BCUT2D eigenvalue weighted by Crippen LogP contribution is -2.30. The maximum Gasteiger partial charge on any atom is 0.472 e. The summed E-state index contributed by atoms with van der Waals surface area (Å²) in [5, 5.41) is 10.6. The Morgan fingerprint density at radius 3 is 0.802 bits per heavy atom. The number of hydrogen-bond donors (Lipinski definition) is 3. The maximum absolute atomic E-state index is 13.1. The van der Waals surface area contributed by atoms with E-state index in [1.807, 2.05) is 12.2 Å². The molecule has 0 aromatic carbocycles. The van der Waals surface area contributed by atoms with Crippen LogP contribution in [0.15, 0.2) is 207 Å². The first kappa shape index (κ1) is 99.6. The molecule has 17 nitrogen and oxygen atoms in total. The van der Waals surface area contributed by atoms with E-state index in [2.05, 4.69) is 210 Å². The summed E-state index contributed by atoms with van der Waals surface area (Å²) in [7, 11) is -10.0. The quantitative estimate of drug-likeness (QED) is 0.0169. The molecule has 5 unspecified atom stereocenters. The van der Waals surface area contributed by atoms with Gasteiger partial charge in [0.1, 0.15) is 19.3 Å². The lowest BCUT2D eigenvalue weighted by atomic mass is 10.1. The maximum atomic E-state index is 13.1. The number of aliphatic hydroxyl groups is 1. The minimum Gasteiger partial charge on any atom is -0.462 e. The van der Waals surface area contributed by atoms with E-state index in [0.29, 0.717) is 25.7 Å². The zero-order chi connectivity index (χ0) is 77.4. The van der Waals surface area contributed by atoms with Gasteiger partial charge in [-0.25, -0.2) is 9.13 Å². The lowest BCUT2D eigenvalue weighted by Gasteiger charge is -2.21. The van der Waals surface area contributed by atoms with Crippen LogP contribution in [-0.2, 0) is 65.4 Å². The first-order valence-electron chi connectivity index (χ1n) is 39.3. The van der Waals surface area contributed by atoms with Gasteiger partial charge in [-0.3, -0.25) is 37.3 Å². The third-order valence-corrected chi connectivity index (χ3v) is 17.2. The van der Waals surface area contributed by atoms with Crippen LogP contribution >= 0.6 is 15.6 Å². The van der Waals surface area contributed by atoms with Gasteiger partial charge in [0.15, 0.2) is 12.2 Å². The summed E-state index contributed by atoms with van der Waals surface area (Å²) in [6.07, 6.45) is 95.6. The van der Waals surface area contributed by atoms with Crippen LogP contribution in [0.5, 0.6) is 0 Å². The van der Waals surface area contributed by atoms with Crippen molar-refractivity contribution in [3.8, 4) is 0 Å². The van der Waals surface area contributed by atoms with E-state index in [1.165, 1.54) is 0 Å². The first-order chi connectivity index (χ1) is 51.7. The number of phosphoric ester groups is 2.